The predicted molar refractivity (Wildman–Crippen MR) is 27.4 cm³/mol. The number of amides is 1. The summed E-state index contributed by atoms with van der Waals surface area (Å²) >= 11 is 0. The Morgan fingerprint density at radius 1 is 1.86 bits per heavy atom. The fraction of sp³-hybridized carbons (Fsp3) is 0.500. The van der Waals surface area contributed by atoms with Crippen LogP contribution < -0.4 is 11.1 Å². The van der Waals surface area contributed by atoms with Crippen LogP contribution in [-0.2, 0) is 4.79 Å². The molecule has 41 valence electrons. The molecule has 0 aliphatic heterocycles. The fourth-order valence-electron chi connectivity index (χ4n) is 0.212. The summed E-state index contributed by atoms with van der Waals surface area (Å²) in [6.45, 7) is 3.85. The number of nitrogens with two attached hydrogens (primary N) is 1. The van der Waals surface area contributed by atoms with Gasteiger partial charge in [-0.25, -0.2) is 0 Å². The van der Waals surface area contributed by atoms with Gasteiger partial charge < -0.3 is 11.1 Å². The van der Waals surface area contributed by atoms with E-state index in [9.17, 15) is 4.79 Å². The zero-order valence-corrected chi connectivity index (χ0v) is 4.11. The molecule has 0 aromatic heterocycles. The molecule has 0 aliphatic carbocycles. The summed E-state index contributed by atoms with van der Waals surface area (Å²) in [6, 6.07) is 0. The maximum absolute atomic E-state index is 10.1. The fourth-order valence-corrected chi connectivity index (χ4v) is 0.212. The van der Waals surface area contributed by atoms with Gasteiger partial charge >= 0.3 is 0 Å². The smallest absolute Gasteiger partial charge is 0.233 e. The van der Waals surface area contributed by atoms with Crippen LogP contribution in [-0.4, -0.2) is 19.0 Å². The van der Waals surface area contributed by atoms with E-state index < -0.39 is 0 Å². The molecule has 0 aromatic rings. The molecular weight excluding hydrogens is 92.1 g/mol. The van der Waals surface area contributed by atoms with Crippen molar-refractivity contribution in [1.29, 1.82) is 0 Å². The number of carbonyl (C=O) groups is 1. The van der Waals surface area contributed by atoms with Crippen molar-refractivity contribution in [1.82, 2.24) is 5.32 Å². The number of carbonyl (C=O) groups excluding carboxylic acids is 1. The molecule has 0 bridgehead atoms. The van der Waals surface area contributed by atoms with Crippen molar-refractivity contribution in [2.75, 3.05) is 13.1 Å². The second-order valence-electron chi connectivity index (χ2n) is 1.05. The van der Waals surface area contributed by atoms with Crippen LogP contribution in [0.3, 0.4) is 0 Å². The van der Waals surface area contributed by atoms with Gasteiger partial charge in [0.1, 0.15) is 0 Å². The Bertz CT molecular complexity index is 62.7. The SMILES string of the molecule is [CH2]CNC(=O)CN. The highest BCUT2D eigenvalue weighted by atomic mass is 16.1. The summed E-state index contributed by atoms with van der Waals surface area (Å²) in [6.07, 6.45) is 0. The Kier molecular flexibility index (Phi) is 3.32. The van der Waals surface area contributed by atoms with E-state index in [0.29, 0.717) is 6.54 Å². The van der Waals surface area contributed by atoms with Crippen LogP contribution in [0.15, 0.2) is 0 Å². The first-order valence-electron chi connectivity index (χ1n) is 2.07. The molecule has 0 atom stereocenters. The van der Waals surface area contributed by atoms with Crippen molar-refractivity contribution in [2.45, 2.75) is 0 Å². The van der Waals surface area contributed by atoms with Gasteiger partial charge in [-0.2, -0.15) is 0 Å². The summed E-state index contributed by atoms with van der Waals surface area (Å²) in [5, 5.41) is 2.42. The second-order valence-corrected chi connectivity index (χ2v) is 1.05. The van der Waals surface area contributed by atoms with Crippen molar-refractivity contribution in [3.05, 3.63) is 6.92 Å². The van der Waals surface area contributed by atoms with Gasteiger partial charge in [0.15, 0.2) is 0 Å². The lowest BCUT2D eigenvalue weighted by molar-refractivity contribution is -0.119. The standard InChI is InChI=1S/C4H9N2O/c1-2-6-4(7)3-5/h1-3,5H2,(H,6,7). The lowest BCUT2D eigenvalue weighted by atomic mass is 10.6. The second kappa shape index (κ2) is 3.61. The minimum Gasteiger partial charge on any atom is -0.355 e. The molecule has 3 N–H and O–H groups in total. The predicted octanol–water partition coefficient (Wildman–Crippen LogP) is -1.10. The summed E-state index contributed by atoms with van der Waals surface area (Å²) in [4.78, 5) is 10.1. The van der Waals surface area contributed by atoms with Gasteiger partial charge in [-0.05, 0) is 6.92 Å². The lowest BCUT2D eigenvalue weighted by Gasteiger charge is -1.93. The van der Waals surface area contributed by atoms with E-state index in [0.717, 1.165) is 0 Å². The van der Waals surface area contributed by atoms with Crippen molar-refractivity contribution in [3.8, 4) is 0 Å². The van der Waals surface area contributed by atoms with Crippen LogP contribution >= 0.6 is 0 Å². The van der Waals surface area contributed by atoms with Crippen LogP contribution in [0.5, 0.6) is 0 Å². The molecule has 0 aromatic carbocycles. The molecular formula is C4H9N2O. The van der Waals surface area contributed by atoms with Gasteiger partial charge in [0, 0.05) is 6.54 Å². The van der Waals surface area contributed by atoms with Crippen LogP contribution in [0.25, 0.3) is 0 Å². The van der Waals surface area contributed by atoms with Gasteiger partial charge in [0.2, 0.25) is 5.91 Å². The highest BCUT2D eigenvalue weighted by Gasteiger charge is 1.88. The molecule has 3 nitrogen and oxygen atoms in total. The van der Waals surface area contributed by atoms with Crippen LogP contribution in [0.2, 0.25) is 0 Å². The molecule has 0 aliphatic rings. The number of hydrogen-bond acceptors (Lipinski definition) is 2. The highest BCUT2D eigenvalue weighted by Crippen LogP contribution is 1.54. The third-order valence-electron chi connectivity index (χ3n) is 0.508. The molecule has 7 heavy (non-hydrogen) atoms. The number of nitrogens with one attached hydrogen (secondary N) is 1. The maximum atomic E-state index is 10.1. The first kappa shape index (κ1) is 6.43. The summed E-state index contributed by atoms with van der Waals surface area (Å²) in [7, 11) is 0. The molecule has 1 radical (unpaired) electrons. The molecule has 0 saturated heterocycles. The van der Waals surface area contributed by atoms with E-state index in [2.05, 4.69) is 12.2 Å². The van der Waals surface area contributed by atoms with E-state index in [4.69, 9.17) is 5.73 Å². The van der Waals surface area contributed by atoms with E-state index in [-0.39, 0.29) is 12.5 Å². The minimum atomic E-state index is -0.157. The summed E-state index contributed by atoms with van der Waals surface area (Å²) in [5.41, 5.74) is 4.92. The van der Waals surface area contributed by atoms with E-state index >= 15 is 0 Å². The largest absolute Gasteiger partial charge is 0.355 e. The van der Waals surface area contributed by atoms with E-state index in [1.54, 1.807) is 0 Å². The molecule has 1 amide bonds. The molecule has 0 unspecified atom stereocenters. The van der Waals surface area contributed by atoms with Gasteiger partial charge in [-0.15, -0.1) is 0 Å². The summed E-state index contributed by atoms with van der Waals surface area (Å²) in [5.74, 6) is -0.157. The third-order valence-corrected chi connectivity index (χ3v) is 0.508. The van der Waals surface area contributed by atoms with Crippen molar-refractivity contribution >= 4 is 5.91 Å². The molecule has 0 heterocycles. The molecule has 3 heteroatoms. The van der Waals surface area contributed by atoms with E-state index in [1.807, 2.05) is 0 Å². The van der Waals surface area contributed by atoms with Crippen LogP contribution in [0.1, 0.15) is 0 Å². The zero-order valence-electron chi connectivity index (χ0n) is 4.11. The van der Waals surface area contributed by atoms with E-state index in [1.165, 1.54) is 0 Å². The Morgan fingerprint density at radius 3 is 2.57 bits per heavy atom. The topological polar surface area (TPSA) is 55.1 Å². The van der Waals surface area contributed by atoms with Crippen LogP contribution in [0, 0.1) is 6.92 Å². The minimum absolute atomic E-state index is 0.0511. The highest BCUT2D eigenvalue weighted by molar-refractivity contribution is 5.77. The Hall–Kier alpha value is -0.570. The Balaban J connectivity index is 3.00. The monoisotopic (exact) mass is 101 g/mol. The average Bonchev–Trinajstić information content (AvgIpc) is 1.68. The normalized spacial score (nSPS) is 8.29. The van der Waals surface area contributed by atoms with Gasteiger partial charge in [0.05, 0.1) is 6.54 Å². The van der Waals surface area contributed by atoms with Crippen molar-refractivity contribution in [3.63, 3.8) is 0 Å². The average molecular weight is 101 g/mol. The zero-order chi connectivity index (χ0) is 5.70. The molecule has 0 spiro atoms. The van der Waals surface area contributed by atoms with Crippen molar-refractivity contribution in [2.24, 2.45) is 5.73 Å². The summed E-state index contributed by atoms with van der Waals surface area (Å²) < 4.78 is 0. The maximum Gasteiger partial charge on any atom is 0.233 e. The van der Waals surface area contributed by atoms with Gasteiger partial charge in [-0.1, -0.05) is 0 Å². The molecule has 0 saturated carbocycles. The molecule has 0 fully saturated rings. The lowest BCUT2D eigenvalue weighted by Crippen LogP contribution is -2.29. The third kappa shape index (κ3) is 3.26. The first-order valence-corrected chi connectivity index (χ1v) is 2.07. The Morgan fingerprint density at radius 2 is 2.43 bits per heavy atom. The number of rotatable bonds is 2. The van der Waals surface area contributed by atoms with Crippen LogP contribution in [0.4, 0.5) is 0 Å². The molecule has 0 rings (SSSR count). The first-order chi connectivity index (χ1) is 3.31. The van der Waals surface area contributed by atoms with Gasteiger partial charge in [0.25, 0.3) is 0 Å². The van der Waals surface area contributed by atoms with Crippen molar-refractivity contribution < 1.29 is 4.79 Å². The number of hydrogen-bond donors (Lipinski definition) is 2. The Labute approximate surface area is 42.9 Å². The quantitative estimate of drug-likeness (QED) is 0.463. The van der Waals surface area contributed by atoms with Gasteiger partial charge in [-0.3, -0.25) is 4.79 Å².